The smallest absolute Gasteiger partial charge is 0.228 e. The van der Waals surface area contributed by atoms with Crippen LogP contribution >= 0.6 is 0 Å². The normalized spacial score (nSPS) is 14.2. The van der Waals surface area contributed by atoms with Gasteiger partial charge < -0.3 is 11.1 Å². The lowest BCUT2D eigenvalue weighted by atomic mass is 10.0. The van der Waals surface area contributed by atoms with Crippen LogP contribution in [0.5, 0.6) is 0 Å². The molecule has 94 valence electrons. The molecule has 2 aromatic rings. The predicted molar refractivity (Wildman–Crippen MR) is 71.0 cm³/mol. The number of anilines is 1. The maximum atomic E-state index is 11.9. The lowest BCUT2D eigenvalue weighted by Gasteiger charge is -2.15. The Hall–Kier alpha value is -2.01. The van der Waals surface area contributed by atoms with E-state index in [1.54, 1.807) is 25.4 Å². The molecule has 0 fully saturated rings. The first-order chi connectivity index (χ1) is 8.58. The fourth-order valence-electron chi connectivity index (χ4n) is 1.54. The van der Waals surface area contributed by atoms with Gasteiger partial charge in [0.05, 0.1) is 17.0 Å². The number of aromatic nitrogens is 2. The molecule has 0 saturated heterocycles. The Balaban J connectivity index is 2.19. The van der Waals surface area contributed by atoms with E-state index in [1.165, 1.54) is 0 Å². The zero-order valence-electron chi connectivity index (χ0n) is 10.4. The molecule has 3 N–H and O–H groups in total. The van der Waals surface area contributed by atoms with E-state index in [-0.39, 0.29) is 17.9 Å². The molecular formula is C13H16N4O. The van der Waals surface area contributed by atoms with Crippen molar-refractivity contribution in [3.63, 3.8) is 0 Å². The Morgan fingerprint density at radius 3 is 2.56 bits per heavy atom. The van der Waals surface area contributed by atoms with Crippen LogP contribution in [-0.2, 0) is 4.79 Å². The number of carbonyl (C=O) groups is 1. The van der Waals surface area contributed by atoms with Gasteiger partial charge in [-0.2, -0.15) is 0 Å². The topological polar surface area (TPSA) is 80.9 Å². The van der Waals surface area contributed by atoms with Crippen LogP contribution in [0.3, 0.4) is 0 Å². The summed E-state index contributed by atoms with van der Waals surface area (Å²) >= 11 is 0. The first kappa shape index (κ1) is 12.4. The van der Waals surface area contributed by atoms with E-state index in [9.17, 15) is 4.79 Å². The van der Waals surface area contributed by atoms with Crippen LogP contribution in [0.25, 0.3) is 11.0 Å². The van der Waals surface area contributed by atoms with Crippen LogP contribution < -0.4 is 11.1 Å². The highest BCUT2D eigenvalue weighted by Crippen LogP contribution is 2.16. The lowest BCUT2D eigenvalue weighted by Crippen LogP contribution is -2.34. The second-order valence-electron chi connectivity index (χ2n) is 4.40. The molecule has 1 heterocycles. The quantitative estimate of drug-likeness (QED) is 0.858. The van der Waals surface area contributed by atoms with Gasteiger partial charge >= 0.3 is 0 Å². The van der Waals surface area contributed by atoms with E-state index in [0.29, 0.717) is 5.69 Å². The minimum atomic E-state index is -0.234. The molecule has 0 aliphatic carbocycles. The van der Waals surface area contributed by atoms with Gasteiger partial charge in [0, 0.05) is 24.1 Å². The van der Waals surface area contributed by atoms with Gasteiger partial charge in [0.25, 0.3) is 0 Å². The molecule has 0 bridgehead atoms. The minimum Gasteiger partial charge on any atom is -0.327 e. The fourth-order valence-corrected chi connectivity index (χ4v) is 1.54. The second kappa shape index (κ2) is 5.10. The number of nitrogens with two attached hydrogens (primary N) is 1. The van der Waals surface area contributed by atoms with Crippen molar-refractivity contribution in [2.24, 2.45) is 11.7 Å². The van der Waals surface area contributed by atoms with Gasteiger partial charge in [-0.05, 0) is 25.1 Å². The number of nitrogens with zero attached hydrogens (tertiary/aromatic N) is 2. The van der Waals surface area contributed by atoms with Crippen LogP contribution in [0.4, 0.5) is 5.69 Å². The Morgan fingerprint density at radius 2 is 1.89 bits per heavy atom. The molecule has 1 amide bonds. The van der Waals surface area contributed by atoms with Crippen LogP contribution in [0.1, 0.15) is 13.8 Å². The Bertz CT molecular complexity index is 568. The number of hydrogen-bond acceptors (Lipinski definition) is 4. The molecule has 5 nitrogen and oxygen atoms in total. The summed E-state index contributed by atoms with van der Waals surface area (Å²) < 4.78 is 0. The number of rotatable bonds is 3. The van der Waals surface area contributed by atoms with Crippen molar-refractivity contribution in [2.45, 2.75) is 19.9 Å². The van der Waals surface area contributed by atoms with Crippen LogP contribution in [-0.4, -0.2) is 21.9 Å². The first-order valence-corrected chi connectivity index (χ1v) is 5.85. The summed E-state index contributed by atoms with van der Waals surface area (Å²) in [6.45, 7) is 3.62. The van der Waals surface area contributed by atoms with Gasteiger partial charge in [-0.1, -0.05) is 6.92 Å². The maximum Gasteiger partial charge on any atom is 0.228 e. The lowest BCUT2D eigenvalue weighted by molar-refractivity contribution is -0.119. The van der Waals surface area contributed by atoms with E-state index < -0.39 is 0 Å². The highest BCUT2D eigenvalue weighted by atomic mass is 16.1. The molecule has 1 aromatic heterocycles. The Labute approximate surface area is 105 Å². The van der Waals surface area contributed by atoms with Crippen LogP contribution in [0.15, 0.2) is 30.6 Å². The van der Waals surface area contributed by atoms with Crippen molar-refractivity contribution in [2.75, 3.05) is 5.32 Å². The average molecular weight is 244 g/mol. The number of amides is 1. The maximum absolute atomic E-state index is 11.9. The highest BCUT2D eigenvalue weighted by Gasteiger charge is 2.17. The standard InChI is InChI=1S/C13H16N4O/c1-8(9(2)14)13(18)17-10-3-4-11-12(7-10)16-6-5-15-11/h3-9H,14H2,1-2H3,(H,17,18). The summed E-state index contributed by atoms with van der Waals surface area (Å²) in [7, 11) is 0. The molecular weight excluding hydrogens is 228 g/mol. The summed E-state index contributed by atoms with van der Waals surface area (Å²) in [5.41, 5.74) is 7.96. The molecule has 0 saturated carbocycles. The summed E-state index contributed by atoms with van der Waals surface area (Å²) in [6, 6.07) is 5.26. The van der Waals surface area contributed by atoms with Gasteiger partial charge in [-0.25, -0.2) is 0 Å². The van der Waals surface area contributed by atoms with E-state index in [4.69, 9.17) is 5.73 Å². The summed E-state index contributed by atoms with van der Waals surface area (Å²) in [6.07, 6.45) is 3.26. The van der Waals surface area contributed by atoms with Crippen molar-refractivity contribution in [1.82, 2.24) is 9.97 Å². The number of fused-ring (bicyclic) bond motifs is 1. The van der Waals surface area contributed by atoms with E-state index in [2.05, 4.69) is 15.3 Å². The molecule has 0 spiro atoms. The average Bonchev–Trinajstić information content (AvgIpc) is 2.37. The second-order valence-corrected chi connectivity index (χ2v) is 4.40. The van der Waals surface area contributed by atoms with Gasteiger partial charge in [0.1, 0.15) is 0 Å². The zero-order chi connectivity index (χ0) is 13.1. The Morgan fingerprint density at radius 1 is 1.22 bits per heavy atom. The van der Waals surface area contributed by atoms with Gasteiger partial charge in [-0.15, -0.1) is 0 Å². The third kappa shape index (κ3) is 2.62. The largest absolute Gasteiger partial charge is 0.327 e. The minimum absolute atomic E-state index is 0.0896. The number of carbonyl (C=O) groups excluding carboxylic acids is 1. The number of nitrogens with one attached hydrogen (secondary N) is 1. The molecule has 18 heavy (non-hydrogen) atoms. The summed E-state index contributed by atoms with van der Waals surface area (Å²) in [5, 5.41) is 2.83. The summed E-state index contributed by atoms with van der Waals surface area (Å²) in [4.78, 5) is 20.2. The molecule has 2 unspecified atom stereocenters. The van der Waals surface area contributed by atoms with Crippen molar-refractivity contribution < 1.29 is 4.79 Å². The fraction of sp³-hybridized carbons (Fsp3) is 0.308. The molecule has 0 aliphatic rings. The first-order valence-electron chi connectivity index (χ1n) is 5.85. The van der Waals surface area contributed by atoms with Gasteiger partial charge in [0.2, 0.25) is 5.91 Å². The van der Waals surface area contributed by atoms with Crippen molar-refractivity contribution >= 4 is 22.6 Å². The molecule has 0 radical (unpaired) electrons. The molecule has 2 atom stereocenters. The van der Waals surface area contributed by atoms with Crippen molar-refractivity contribution in [3.05, 3.63) is 30.6 Å². The Kier molecular flexibility index (Phi) is 3.53. The predicted octanol–water partition coefficient (Wildman–Crippen LogP) is 1.55. The van der Waals surface area contributed by atoms with E-state index in [0.717, 1.165) is 11.0 Å². The van der Waals surface area contributed by atoms with Gasteiger partial charge in [-0.3, -0.25) is 14.8 Å². The van der Waals surface area contributed by atoms with E-state index in [1.807, 2.05) is 19.1 Å². The molecule has 2 rings (SSSR count). The highest BCUT2D eigenvalue weighted by molar-refractivity contribution is 5.94. The van der Waals surface area contributed by atoms with E-state index >= 15 is 0 Å². The van der Waals surface area contributed by atoms with Crippen molar-refractivity contribution in [3.8, 4) is 0 Å². The monoisotopic (exact) mass is 244 g/mol. The SMILES string of the molecule is CC(N)C(C)C(=O)Nc1ccc2nccnc2c1. The number of benzene rings is 1. The molecule has 1 aromatic carbocycles. The zero-order valence-corrected chi connectivity index (χ0v) is 10.4. The molecule has 5 heteroatoms. The van der Waals surface area contributed by atoms with Crippen LogP contribution in [0.2, 0.25) is 0 Å². The summed E-state index contributed by atoms with van der Waals surface area (Å²) in [5.74, 6) is -0.323. The number of hydrogen-bond donors (Lipinski definition) is 2. The van der Waals surface area contributed by atoms with Crippen LogP contribution in [0, 0.1) is 5.92 Å². The van der Waals surface area contributed by atoms with Gasteiger partial charge in [0.15, 0.2) is 0 Å². The van der Waals surface area contributed by atoms with Crippen molar-refractivity contribution in [1.29, 1.82) is 0 Å². The third-order valence-electron chi connectivity index (χ3n) is 2.94. The third-order valence-corrected chi connectivity index (χ3v) is 2.94. The molecule has 0 aliphatic heterocycles.